The number of rotatable bonds is 8. The summed E-state index contributed by atoms with van der Waals surface area (Å²) in [6.07, 6.45) is 11.1. The molecule has 114 valence electrons. The van der Waals surface area contributed by atoms with Crippen molar-refractivity contribution in [3.63, 3.8) is 0 Å². The lowest BCUT2D eigenvalue weighted by Gasteiger charge is -2.32. The summed E-state index contributed by atoms with van der Waals surface area (Å²) in [7, 11) is 0. The number of hydrogen-bond acceptors (Lipinski definition) is 2. The van der Waals surface area contributed by atoms with Gasteiger partial charge in [0.25, 0.3) is 0 Å². The molecule has 0 aliphatic carbocycles. The number of nitrogens with one attached hydrogen (secondary N) is 1. The predicted molar refractivity (Wildman–Crippen MR) is 85.7 cm³/mol. The third-order valence-electron chi connectivity index (χ3n) is 4.44. The zero-order valence-electron chi connectivity index (χ0n) is 13.6. The van der Waals surface area contributed by atoms with Crippen LogP contribution in [0, 0.1) is 5.92 Å². The first-order chi connectivity index (χ1) is 9.26. The van der Waals surface area contributed by atoms with Gasteiger partial charge in [0.2, 0.25) is 0 Å². The van der Waals surface area contributed by atoms with Crippen molar-refractivity contribution in [2.24, 2.45) is 5.92 Å². The number of nitrogens with zero attached hydrogens (tertiary/aromatic N) is 1. The third-order valence-corrected chi connectivity index (χ3v) is 4.44. The lowest BCUT2D eigenvalue weighted by atomic mass is 10.0. The molecule has 0 aromatic rings. The molecule has 2 heteroatoms. The predicted octanol–water partition coefficient (Wildman–Crippen LogP) is 4.06. The summed E-state index contributed by atoms with van der Waals surface area (Å²) in [5.74, 6) is 0.800. The smallest absolute Gasteiger partial charge is 0.00767 e. The maximum atomic E-state index is 3.71. The molecule has 1 fully saturated rings. The van der Waals surface area contributed by atoms with Gasteiger partial charge in [0.1, 0.15) is 0 Å². The van der Waals surface area contributed by atoms with E-state index in [1.54, 1.807) is 0 Å². The molecule has 1 aliphatic heterocycles. The molecule has 19 heavy (non-hydrogen) atoms. The summed E-state index contributed by atoms with van der Waals surface area (Å²) in [4.78, 5) is 2.72. The molecule has 0 spiro atoms. The molecule has 1 saturated heterocycles. The molecule has 0 aromatic heterocycles. The Hall–Kier alpha value is -0.0800. The largest absolute Gasteiger partial charge is 0.314 e. The molecule has 1 N–H and O–H groups in total. The van der Waals surface area contributed by atoms with Crippen LogP contribution in [0.15, 0.2) is 0 Å². The Morgan fingerprint density at radius 1 is 1.05 bits per heavy atom. The Balaban J connectivity index is 2.15. The van der Waals surface area contributed by atoms with Crippen LogP contribution in [0.2, 0.25) is 0 Å². The van der Waals surface area contributed by atoms with Crippen molar-refractivity contribution in [2.45, 2.75) is 78.2 Å². The van der Waals surface area contributed by atoms with Gasteiger partial charge in [-0.3, -0.25) is 0 Å². The van der Waals surface area contributed by atoms with Gasteiger partial charge in [0, 0.05) is 12.6 Å². The van der Waals surface area contributed by atoms with Gasteiger partial charge in [-0.25, -0.2) is 0 Å². The van der Waals surface area contributed by atoms with Crippen LogP contribution in [0.25, 0.3) is 0 Å². The van der Waals surface area contributed by atoms with Crippen LogP contribution < -0.4 is 5.32 Å². The van der Waals surface area contributed by atoms with Gasteiger partial charge in [-0.05, 0) is 44.8 Å². The second-order valence-corrected chi connectivity index (χ2v) is 6.48. The van der Waals surface area contributed by atoms with E-state index < -0.39 is 0 Å². The Morgan fingerprint density at radius 2 is 1.79 bits per heavy atom. The first-order valence-corrected chi connectivity index (χ1v) is 8.72. The average Bonchev–Trinajstić information content (AvgIpc) is 2.40. The number of unbranched alkanes of at least 4 members (excludes halogenated alkanes) is 5. The molecule has 2 nitrogen and oxygen atoms in total. The molecule has 0 bridgehead atoms. The molecule has 2 unspecified atom stereocenters. The Bertz CT molecular complexity index is 205. The van der Waals surface area contributed by atoms with Crippen molar-refractivity contribution >= 4 is 0 Å². The van der Waals surface area contributed by atoms with Crippen molar-refractivity contribution in [3.05, 3.63) is 0 Å². The molecule has 0 radical (unpaired) electrons. The first kappa shape index (κ1) is 17.0. The Kier molecular flexibility index (Phi) is 9.54. The number of hydrogen-bond donors (Lipinski definition) is 1. The van der Waals surface area contributed by atoms with Gasteiger partial charge in [-0.1, -0.05) is 52.9 Å². The summed E-state index contributed by atoms with van der Waals surface area (Å²) in [5.41, 5.74) is 0. The molecule has 0 aromatic carbocycles. The van der Waals surface area contributed by atoms with E-state index in [0.29, 0.717) is 0 Å². The van der Waals surface area contributed by atoms with Crippen LogP contribution in [-0.2, 0) is 0 Å². The van der Waals surface area contributed by atoms with E-state index in [1.165, 1.54) is 77.5 Å². The quantitative estimate of drug-likeness (QED) is 0.668. The van der Waals surface area contributed by atoms with Crippen LogP contribution in [0.3, 0.4) is 0 Å². The lowest BCUT2D eigenvalue weighted by molar-refractivity contribution is 0.193. The normalized spacial score (nSPS) is 26.1. The highest BCUT2D eigenvalue weighted by molar-refractivity contribution is 4.75. The van der Waals surface area contributed by atoms with E-state index in [4.69, 9.17) is 0 Å². The lowest BCUT2D eigenvalue weighted by Crippen LogP contribution is -2.43. The van der Waals surface area contributed by atoms with Crippen LogP contribution in [0.1, 0.15) is 72.1 Å². The second-order valence-electron chi connectivity index (χ2n) is 6.48. The fraction of sp³-hybridized carbons (Fsp3) is 1.00. The fourth-order valence-corrected chi connectivity index (χ4v) is 3.07. The molecule has 0 saturated carbocycles. The van der Waals surface area contributed by atoms with E-state index in [2.05, 4.69) is 31.0 Å². The van der Waals surface area contributed by atoms with Crippen molar-refractivity contribution < 1.29 is 0 Å². The van der Waals surface area contributed by atoms with Gasteiger partial charge in [-0.2, -0.15) is 0 Å². The van der Waals surface area contributed by atoms with Crippen molar-refractivity contribution in [3.8, 4) is 0 Å². The average molecular weight is 268 g/mol. The fourth-order valence-electron chi connectivity index (χ4n) is 3.07. The molecule has 1 heterocycles. The van der Waals surface area contributed by atoms with Gasteiger partial charge < -0.3 is 10.2 Å². The van der Waals surface area contributed by atoms with Gasteiger partial charge >= 0.3 is 0 Å². The molecule has 0 amide bonds. The zero-order chi connectivity index (χ0) is 13.9. The maximum absolute atomic E-state index is 3.71. The van der Waals surface area contributed by atoms with E-state index in [-0.39, 0.29) is 0 Å². The highest BCUT2D eigenvalue weighted by Crippen LogP contribution is 2.11. The highest BCUT2D eigenvalue weighted by atomic mass is 15.1. The topological polar surface area (TPSA) is 15.3 Å². The van der Waals surface area contributed by atoms with Gasteiger partial charge in [0.15, 0.2) is 0 Å². The van der Waals surface area contributed by atoms with Crippen LogP contribution in [-0.4, -0.2) is 37.1 Å². The summed E-state index contributed by atoms with van der Waals surface area (Å²) in [5, 5.41) is 3.71. The third kappa shape index (κ3) is 7.94. The van der Waals surface area contributed by atoms with E-state index in [1.807, 2.05) is 0 Å². The van der Waals surface area contributed by atoms with Crippen molar-refractivity contribution in [1.82, 2.24) is 10.2 Å². The van der Waals surface area contributed by atoms with Gasteiger partial charge in [0.05, 0.1) is 0 Å². The van der Waals surface area contributed by atoms with Crippen LogP contribution in [0.5, 0.6) is 0 Å². The van der Waals surface area contributed by atoms with Gasteiger partial charge in [-0.15, -0.1) is 0 Å². The first-order valence-electron chi connectivity index (χ1n) is 8.72. The maximum Gasteiger partial charge on any atom is 0.00767 e. The minimum atomic E-state index is 0.745. The summed E-state index contributed by atoms with van der Waals surface area (Å²) >= 11 is 0. The van der Waals surface area contributed by atoms with E-state index in [9.17, 15) is 0 Å². The summed E-state index contributed by atoms with van der Waals surface area (Å²) in [6.45, 7) is 12.1. The van der Waals surface area contributed by atoms with Crippen molar-refractivity contribution in [2.75, 3.05) is 26.2 Å². The SMILES string of the molecule is CCCCCCCCN1CCC(CC)NCC(C)C1. The standard InChI is InChI=1S/C17H36N2/c1-4-6-7-8-9-10-12-19-13-11-17(5-2)18-14-16(3)15-19/h16-18H,4-15H2,1-3H3. The minimum absolute atomic E-state index is 0.745. The summed E-state index contributed by atoms with van der Waals surface area (Å²) in [6, 6.07) is 0.745. The molecular formula is C17H36N2. The molecule has 1 rings (SSSR count). The molecular weight excluding hydrogens is 232 g/mol. The minimum Gasteiger partial charge on any atom is -0.314 e. The Morgan fingerprint density at radius 3 is 2.53 bits per heavy atom. The Labute approximate surface area is 121 Å². The van der Waals surface area contributed by atoms with E-state index in [0.717, 1.165) is 12.0 Å². The van der Waals surface area contributed by atoms with Crippen LogP contribution >= 0.6 is 0 Å². The highest BCUT2D eigenvalue weighted by Gasteiger charge is 2.17. The second kappa shape index (κ2) is 10.7. The van der Waals surface area contributed by atoms with Crippen molar-refractivity contribution in [1.29, 1.82) is 0 Å². The summed E-state index contributed by atoms with van der Waals surface area (Å²) < 4.78 is 0. The molecule has 2 atom stereocenters. The van der Waals surface area contributed by atoms with Crippen LogP contribution in [0.4, 0.5) is 0 Å². The van der Waals surface area contributed by atoms with E-state index >= 15 is 0 Å². The monoisotopic (exact) mass is 268 g/mol. The zero-order valence-corrected chi connectivity index (χ0v) is 13.6. The molecule has 1 aliphatic rings.